The molecule has 1 aromatic carbocycles. The van der Waals surface area contributed by atoms with Crippen molar-refractivity contribution in [2.24, 2.45) is 5.41 Å². The Morgan fingerprint density at radius 2 is 1.97 bits per heavy atom. The molecule has 3 atom stereocenters. The molecule has 2 unspecified atom stereocenters. The molecule has 1 aliphatic heterocycles. The molecule has 9 heteroatoms. The van der Waals surface area contributed by atoms with Crippen LogP contribution >= 0.6 is 11.3 Å². The number of nitrogens with zero attached hydrogens (tertiary/aromatic N) is 2. The highest BCUT2D eigenvalue weighted by atomic mass is 32.1. The number of thiazole rings is 1. The van der Waals surface area contributed by atoms with Gasteiger partial charge in [-0.1, -0.05) is 51.6 Å². The third kappa shape index (κ3) is 5.90. The Balaban J connectivity index is 1.68. The van der Waals surface area contributed by atoms with Gasteiger partial charge < -0.3 is 20.6 Å². The topological polar surface area (TPSA) is 112 Å². The minimum absolute atomic E-state index is 0.0381. The third-order valence-electron chi connectivity index (χ3n) is 5.88. The molecule has 182 valence electrons. The van der Waals surface area contributed by atoms with Crippen LogP contribution in [0.3, 0.4) is 0 Å². The Morgan fingerprint density at radius 1 is 1.29 bits per heavy atom. The van der Waals surface area contributed by atoms with Crippen molar-refractivity contribution in [3.63, 3.8) is 0 Å². The molecular weight excluding hydrogens is 452 g/mol. The van der Waals surface area contributed by atoms with Crippen LogP contribution in [-0.2, 0) is 20.9 Å². The number of hydrogen-bond acceptors (Lipinski definition) is 6. The SMILES string of the molecule is C=CC(=O)N[C@H](C(=O)N1CC(O)CC1C(=O)NCc1ccc(-c2scnc2C)cc1)C(C)(C)C. The summed E-state index contributed by atoms with van der Waals surface area (Å²) in [6.07, 6.45) is 0.446. The molecule has 3 N–H and O–H groups in total. The molecule has 1 saturated heterocycles. The number of carbonyl (C=O) groups is 3. The van der Waals surface area contributed by atoms with Gasteiger partial charge in [0, 0.05) is 19.5 Å². The van der Waals surface area contributed by atoms with E-state index in [1.54, 1.807) is 11.3 Å². The number of carbonyl (C=O) groups excluding carboxylic acids is 3. The van der Waals surface area contributed by atoms with E-state index >= 15 is 0 Å². The summed E-state index contributed by atoms with van der Waals surface area (Å²) in [5, 5.41) is 15.8. The first kappa shape index (κ1) is 25.6. The number of β-amino-alcohol motifs (C(OH)–C–C–N with tert-alkyl or cyclic N) is 1. The van der Waals surface area contributed by atoms with Gasteiger partial charge in [-0.15, -0.1) is 11.3 Å². The zero-order valence-electron chi connectivity index (χ0n) is 20.0. The van der Waals surface area contributed by atoms with Gasteiger partial charge in [0.1, 0.15) is 12.1 Å². The van der Waals surface area contributed by atoms with E-state index in [0.717, 1.165) is 27.8 Å². The molecule has 8 nitrogen and oxygen atoms in total. The van der Waals surface area contributed by atoms with Crippen LogP contribution in [0.5, 0.6) is 0 Å². The predicted octanol–water partition coefficient (Wildman–Crippen LogP) is 2.41. The Bertz CT molecular complexity index is 1060. The van der Waals surface area contributed by atoms with Crippen molar-refractivity contribution in [2.45, 2.75) is 58.8 Å². The van der Waals surface area contributed by atoms with E-state index in [2.05, 4.69) is 22.2 Å². The van der Waals surface area contributed by atoms with Gasteiger partial charge in [-0.25, -0.2) is 4.98 Å². The maximum atomic E-state index is 13.3. The molecule has 3 amide bonds. The zero-order chi connectivity index (χ0) is 25.0. The van der Waals surface area contributed by atoms with Gasteiger partial charge in [-0.05, 0) is 29.5 Å². The van der Waals surface area contributed by atoms with Crippen LogP contribution in [0, 0.1) is 12.3 Å². The minimum Gasteiger partial charge on any atom is -0.391 e. The van der Waals surface area contributed by atoms with Gasteiger partial charge in [-0.3, -0.25) is 14.4 Å². The van der Waals surface area contributed by atoms with Gasteiger partial charge in [0.05, 0.1) is 22.2 Å². The molecule has 0 bridgehead atoms. The van der Waals surface area contributed by atoms with Crippen LogP contribution in [-0.4, -0.2) is 57.4 Å². The summed E-state index contributed by atoms with van der Waals surface area (Å²) in [6.45, 7) is 11.2. The lowest BCUT2D eigenvalue weighted by Gasteiger charge is -2.35. The highest BCUT2D eigenvalue weighted by molar-refractivity contribution is 7.13. The third-order valence-corrected chi connectivity index (χ3v) is 6.86. The fraction of sp³-hybridized carbons (Fsp3) is 0.440. The number of rotatable bonds is 7. The summed E-state index contributed by atoms with van der Waals surface area (Å²) in [7, 11) is 0. The first-order valence-corrected chi connectivity index (χ1v) is 12.1. The predicted molar refractivity (Wildman–Crippen MR) is 132 cm³/mol. The highest BCUT2D eigenvalue weighted by Crippen LogP contribution is 2.28. The molecular formula is C25H32N4O4S. The van der Waals surface area contributed by atoms with Gasteiger partial charge in [-0.2, -0.15) is 0 Å². The van der Waals surface area contributed by atoms with Crippen molar-refractivity contribution >= 4 is 29.1 Å². The normalized spacial score (nSPS) is 18.9. The summed E-state index contributed by atoms with van der Waals surface area (Å²) in [6, 6.07) is 6.21. The summed E-state index contributed by atoms with van der Waals surface area (Å²) in [5.74, 6) is -1.20. The van der Waals surface area contributed by atoms with Crippen molar-refractivity contribution in [1.29, 1.82) is 0 Å². The largest absolute Gasteiger partial charge is 0.391 e. The van der Waals surface area contributed by atoms with E-state index in [4.69, 9.17) is 0 Å². The lowest BCUT2D eigenvalue weighted by Crippen LogP contribution is -2.57. The zero-order valence-corrected chi connectivity index (χ0v) is 20.8. The van der Waals surface area contributed by atoms with E-state index in [9.17, 15) is 19.5 Å². The average Bonchev–Trinajstić information content (AvgIpc) is 3.40. The maximum Gasteiger partial charge on any atom is 0.246 e. The fourth-order valence-electron chi connectivity index (χ4n) is 3.98. The van der Waals surface area contributed by atoms with Gasteiger partial charge in [0.25, 0.3) is 0 Å². The molecule has 1 fully saturated rings. The minimum atomic E-state index is -0.860. The van der Waals surface area contributed by atoms with Crippen molar-refractivity contribution in [1.82, 2.24) is 20.5 Å². The average molecular weight is 485 g/mol. The number of aromatic nitrogens is 1. The number of hydrogen-bond donors (Lipinski definition) is 3. The van der Waals surface area contributed by atoms with Crippen molar-refractivity contribution in [2.75, 3.05) is 6.54 Å². The summed E-state index contributed by atoms with van der Waals surface area (Å²) in [5.41, 5.74) is 4.19. The Labute approximate surface area is 204 Å². The standard InChI is InChI=1S/C25H32N4O4S/c1-6-20(31)28-22(25(3,4)5)24(33)29-13-18(30)11-19(29)23(32)26-12-16-7-9-17(10-8-16)21-15(2)27-14-34-21/h6-10,14,18-19,22,30H,1,11-13H2,2-5H3,(H,26,32)(H,28,31)/t18?,19?,22-/m1/s1. The van der Waals surface area contributed by atoms with E-state index in [1.807, 2.05) is 57.5 Å². The molecule has 34 heavy (non-hydrogen) atoms. The Hall–Kier alpha value is -3.04. The first-order valence-electron chi connectivity index (χ1n) is 11.2. The number of likely N-dealkylation sites (tertiary alicyclic amines) is 1. The van der Waals surface area contributed by atoms with Crippen LogP contribution < -0.4 is 10.6 Å². The second-order valence-corrected chi connectivity index (χ2v) is 10.4. The van der Waals surface area contributed by atoms with Gasteiger partial charge >= 0.3 is 0 Å². The summed E-state index contributed by atoms with van der Waals surface area (Å²) >= 11 is 1.58. The van der Waals surface area contributed by atoms with Crippen LogP contribution in [0.15, 0.2) is 42.4 Å². The highest BCUT2D eigenvalue weighted by Gasteiger charge is 2.44. The lowest BCUT2D eigenvalue weighted by molar-refractivity contribution is -0.143. The molecule has 0 spiro atoms. The number of aliphatic hydroxyl groups is 1. The Morgan fingerprint density at radius 3 is 2.53 bits per heavy atom. The lowest BCUT2D eigenvalue weighted by atomic mass is 9.85. The smallest absolute Gasteiger partial charge is 0.246 e. The fourth-order valence-corrected chi connectivity index (χ4v) is 4.79. The van der Waals surface area contributed by atoms with Crippen LogP contribution in [0.1, 0.15) is 38.4 Å². The van der Waals surface area contributed by atoms with Crippen LogP contribution in [0.4, 0.5) is 0 Å². The van der Waals surface area contributed by atoms with Gasteiger partial charge in [0.2, 0.25) is 17.7 Å². The summed E-state index contributed by atoms with van der Waals surface area (Å²) in [4.78, 5) is 45.0. The van der Waals surface area contributed by atoms with Crippen molar-refractivity contribution in [3.05, 3.63) is 53.7 Å². The van der Waals surface area contributed by atoms with E-state index in [1.165, 1.54) is 4.90 Å². The second kappa shape index (κ2) is 10.5. The maximum absolute atomic E-state index is 13.3. The quantitative estimate of drug-likeness (QED) is 0.523. The van der Waals surface area contributed by atoms with Crippen LogP contribution in [0.25, 0.3) is 10.4 Å². The summed E-state index contributed by atoms with van der Waals surface area (Å²) < 4.78 is 0. The molecule has 1 aromatic heterocycles. The Kier molecular flexibility index (Phi) is 7.89. The molecule has 0 radical (unpaired) electrons. The molecule has 1 aliphatic rings. The monoisotopic (exact) mass is 484 g/mol. The van der Waals surface area contributed by atoms with Gasteiger partial charge in [0.15, 0.2) is 0 Å². The molecule has 3 rings (SSSR count). The van der Waals surface area contributed by atoms with Crippen molar-refractivity contribution < 1.29 is 19.5 Å². The number of nitrogens with one attached hydrogen (secondary N) is 2. The second-order valence-electron chi connectivity index (χ2n) is 9.59. The van der Waals surface area contributed by atoms with E-state index < -0.39 is 35.4 Å². The number of aliphatic hydroxyl groups excluding tert-OH is 1. The van der Waals surface area contributed by atoms with Crippen LogP contribution in [0.2, 0.25) is 0 Å². The number of aryl methyl sites for hydroxylation is 1. The van der Waals surface area contributed by atoms with E-state index in [-0.39, 0.29) is 18.9 Å². The van der Waals surface area contributed by atoms with E-state index in [0.29, 0.717) is 6.54 Å². The molecule has 0 aliphatic carbocycles. The molecule has 0 saturated carbocycles. The molecule has 2 aromatic rings. The number of benzene rings is 1. The first-order chi connectivity index (χ1) is 16.0. The van der Waals surface area contributed by atoms with Crippen molar-refractivity contribution in [3.8, 4) is 10.4 Å². The number of amides is 3. The molecule has 2 heterocycles.